The van der Waals surface area contributed by atoms with Crippen molar-refractivity contribution in [1.29, 1.82) is 0 Å². The lowest BCUT2D eigenvalue weighted by Crippen LogP contribution is -2.30. The van der Waals surface area contributed by atoms with E-state index in [2.05, 4.69) is 0 Å². The number of carbonyl (C=O) groups excluding carboxylic acids is 1. The summed E-state index contributed by atoms with van der Waals surface area (Å²) in [6.07, 6.45) is 0.436. The number of methoxy groups -OCH3 is 1. The molecule has 0 radical (unpaired) electrons. The number of benzene rings is 1. The molecule has 1 amide bonds. The van der Waals surface area contributed by atoms with Gasteiger partial charge in [-0.1, -0.05) is 11.6 Å². The number of nitrogens with zero attached hydrogens (tertiary/aromatic N) is 1. The lowest BCUT2D eigenvalue weighted by Gasteiger charge is -2.19. The van der Waals surface area contributed by atoms with E-state index in [0.29, 0.717) is 29.4 Å². The zero-order chi connectivity index (χ0) is 14.0. The second-order valence-corrected chi connectivity index (χ2v) is 5.32. The summed E-state index contributed by atoms with van der Waals surface area (Å²) in [4.78, 5) is 14.2. The number of aliphatic hydroxyl groups excluding tert-OH is 1. The molecule has 1 aromatic carbocycles. The molecule has 1 saturated heterocycles. The number of hydrogen-bond acceptors (Lipinski definition) is 3. The Labute approximate surface area is 117 Å². The van der Waals surface area contributed by atoms with Gasteiger partial charge in [0.05, 0.1) is 18.8 Å². The fourth-order valence-corrected chi connectivity index (χ4v) is 2.56. The molecule has 1 heterocycles. The van der Waals surface area contributed by atoms with E-state index in [1.807, 2.05) is 0 Å². The average molecular weight is 284 g/mol. The Kier molecular flexibility index (Phi) is 4.32. The van der Waals surface area contributed by atoms with Crippen LogP contribution in [0.2, 0.25) is 5.02 Å². The van der Waals surface area contributed by atoms with Crippen LogP contribution in [0.15, 0.2) is 18.2 Å². The molecule has 0 bridgehead atoms. The molecule has 0 saturated carbocycles. The number of ether oxygens (including phenoxy) is 1. The maximum absolute atomic E-state index is 12.5. The fraction of sp³-hybridized carbons (Fsp3) is 0.500. The van der Waals surface area contributed by atoms with Crippen molar-refractivity contribution in [3.8, 4) is 5.75 Å². The number of halogens is 1. The van der Waals surface area contributed by atoms with Gasteiger partial charge in [0.25, 0.3) is 5.91 Å². The van der Waals surface area contributed by atoms with Crippen LogP contribution in [0.25, 0.3) is 0 Å². The van der Waals surface area contributed by atoms with Gasteiger partial charge in [-0.2, -0.15) is 0 Å². The lowest BCUT2D eigenvalue weighted by molar-refractivity contribution is 0.0759. The summed E-state index contributed by atoms with van der Waals surface area (Å²) in [6.45, 7) is 2.99. The van der Waals surface area contributed by atoms with Gasteiger partial charge in [0.15, 0.2) is 0 Å². The molecule has 1 aromatic rings. The predicted octanol–water partition coefficient (Wildman–Crippen LogP) is 2.19. The molecule has 0 spiro atoms. The van der Waals surface area contributed by atoms with Crippen molar-refractivity contribution >= 4 is 17.5 Å². The molecule has 2 rings (SSSR count). The molecule has 5 heteroatoms. The molecule has 2 unspecified atom stereocenters. The van der Waals surface area contributed by atoms with Gasteiger partial charge in [-0.15, -0.1) is 0 Å². The number of aliphatic hydroxyl groups is 1. The van der Waals surface area contributed by atoms with E-state index in [-0.39, 0.29) is 17.9 Å². The molecular weight excluding hydrogens is 266 g/mol. The van der Waals surface area contributed by atoms with Gasteiger partial charge in [-0.3, -0.25) is 4.79 Å². The van der Waals surface area contributed by atoms with Crippen molar-refractivity contribution < 1.29 is 14.6 Å². The first kappa shape index (κ1) is 14.2. The Balaban J connectivity index is 2.19. The molecule has 19 heavy (non-hydrogen) atoms. The number of hydrogen-bond donors (Lipinski definition) is 1. The maximum Gasteiger partial charge on any atom is 0.257 e. The second-order valence-electron chi connectivity index (χ2n) is 4.89. The summed E-state index contributed by atoms with van der Waals surface area (Å²) in [5, 5.41) is 10.1. The summed E-state index contributed by atoms with van der Waals surface area (Å²) in [6, 6.07) is 5.01. The van der Waals surface area contributed by atoms with E-state index in [1.54, 1.807) is 30.0 Å². The quantitative estimate of drug-likeness (QED) is 0.925. The van der Waals surface area contributed by atoms with Crippen LogP contribution in [-0.4, -0.2) is 42.2 Å². The predicted molar refractivity (Wildman–Crippen MR) is 73.7 cm³/mol. The van der Waals surface area contributed by atoms with Crippen molar-refractivity contribution in [3.05, 3.63) is 28.8 Å². The number of rotatable bonds is 3. The first-order valence-electron chi connectivity index (χ1n) is 6.33. The fourth-order valence-electron chi connectivity index (χ4n) is 2.38. The highest BCUT2D eigenvalue weighted by Crippen LogP contribution is 2.27. The summed E-state index contributed by atoms with van der Waals surface area (Å²) < 4.78 is 5.20. The highest BCUT2D eigenvalue weighted by molar-refractivity contribution is 6.31. The zero-order valence-corrected chi connectivity index (χ0v) is 11.9. The molecule has 1 aliphatic heterocycles. The topological polar surface area (TPSA) is 49.8 Å². The normalized spacial score (nSPS) is 20.4. The largest absolute Gasteiger partial charge is 0.496 e. The van der Waals surface area contributed by atoms with Crippen LogP contribution in [0.3, 0.4) is 0 Å². The lowest BCUT2D eigenvalue weighted by atomic mass is 10.0. The SMILES string of the molecule is COc1ccc(Cl)cc1C(=O)N1CCC(C(C)O)C1. The van der Waals surface area contributed by atoms with Crippen LogP contribution in [0.1, 0.15) is 23.7 Å². The summed E-state index contributed by atoms with van der Waals surface area (Å²) in [7, 11) is 1.53. The number of amides is 1. The minimum Gasteiger partial charge on any atom is -0.496 e. The third-order valence-corrected chi connectivity index (χ3v) is 3.82. The van der Waals surface area contributed by atoms with Crippen molar-refractivity contribution in [2.24, 2.45) is 5.92 Å². The Morgan fingerprint density at radius 1 is 1.58 bits per heavy atom. The maximum atomic E-state index is 12.5. The first-order chi connectivity index (χ1) is 9.02. The summed E-state index contributed by atoms with van der Waals surface area (Å²) in [5.41, 5.74) is 0.473. The Bertz CT molecular complexity index is 476. The Hall–Kier alpha value is -1.26. The highest BCUT2D eigenvalue weighted by Gasteiger charge is 2.30. The molecule has 0 aromatic heterocycles. The summed E-state index contributed by atoms with van der Waals surface area (Å²) in [5.74, 6) is 0.575. The minimum atomic E-state index is -0.390. The highest BCUT2D eigenvalue weighted by atomic mass is 35.5. The van der Waals surface area contributed by atoms with Crippen LogP contribution in [0.4, 0.5) is 0 Å². The Morgan fingerprint density at radius 3 is 2.89 bits per heavy atom. The minimum absolute atomic E-state index is 0.0949. The van der Waals surface area contributed by atoms with Crippen molar-refractivity contribution in [2.75, 3.05) is 20.2 Å². The zero-order valence-electron chi connectivity index (χ0n) is 11.1. The van der Waals surface area contributed by atoms with E-state index in [0.717, 1.165) is 6.42 Å². The molecule has 4 nitrogen and oxygen atoms in total. The van der Waals surface area contributed by atoms with Crippen LogP contribution in [-0.2, 0) is 0 Å². The average Bonchev–Trinajstić information content (AvgIpc) is 2.87. The van der Waals surface area contributed by atoms with Gasteiger partial charge >= 0.3 is 0 Å². The van der Waals surface area contributed by atoms with E-state index in [4.69, 9.17) is 16.3 Å². The van der Waals surface area contributed by atoms with E-state index >= 15 is 0 Å². The van der Waals surface area contributed by atoms with Gasteiger partial charge < -0.3 is 14.7 Å². The number of carbonyl (C=O) groups is 1. The first-order valence-corrected chi connectivity index (χ1v) is 6.71. The van der Waals surface area contributed by atoms with E-state index in [1.165, 1.54) is 7.11 Å². The smallest absolute Gasteiger partial charge is 0.257 e. The standard InChI is InChI=1S/C14H18ClNO3/c1-9(17)10-5-6-16(8-10)14(18)12-7-11(15)3-4-13(12)19-2/h3-4,7,9-10,17H,5-6,8H2,1-2H3. The van der Waals surface area contributed by atoms with Gasteiger partial charge in [0.2, 0.25) is 0 Å². The van der Waals surface area contributed by atoms with E-state index < -0.39 is 0 Å². The third kappa shape index (κ3) is 3.01. The van der Waals surface area contributed by atoms with Crippen molar-refractivity contribution in [3.63, 3.8) is 0 Å². The van der Waals surface area contributed by atoms with Gasteiger partial charge in [0.1, 0.15) is 5.75 Å². The third-order valence-electron chi connectivity index (χ3n) is 3.59. The van der Waals surface area contributed by atoms with Gasteiger partial charge in [-0.05, 0) is 31.5 Å². The van der Waals surface area contributed by atoms with Crippen LogP contribution < -0.4 is 4.74 Å². The Morgan fingerprint density at radius 2 is 2.32 bits per heavy atom. The second kappa shape index (κ2) is 5.80. The van der Waals surface area contributed by atoms with Gasteiger partial charge in [0, 0.05) is 24.0 Å². The molecule has 1 aliphatic rings. The monoisotopic (exact) mass is 283 g/mol. The van der Waals surface area contributed by atoms with Crippen molar-refractivity contribution in [1.82, 2.24) is 4.90 Å². The van der Waals surface area contributed by atoms with Crippen LogP contribution >= 0.6 is 11.6 Å². The van der Waals surface area contributed by atoms with Gasteiger partial charge in [-0.25, -0.2) is 0 Å². The van der Waals surface area contributed by atoms with E-state index in [9.17, 15) is 9.90 Å². The molecule has 2 atom stereocenters. The number of likely N-dealkylation sites (tertiary alicyclic amines) is 1. The molecule has 1 N–H and O–H groups in total. The summed E-state index contributed by atoms with van der Waals surface area (Å²) >= 11 is 5.94. The van der Waals surface area contributed by atoms with Crippen molar-refractivity contribution in [2.45, 2.75) is 19.4 Å². The van der Waals surface area contributed by atoms with Crippen LogP contribution in [0, 0.1) is 5.92 Å². The molecule has 104 valence electrons. The molecule has 1 fully saturated rings. The molecule has 0 aliphatic carbocycles. The van der Waals surface area contributed by atoms with Crippen LogP contribution in [0.5, 0.6) is 5.75 Å². The molecular formula is C14H18ClNO3.